The van der Waals surface area contributed by atoms with E-state index in [1.807, 2.05) is 56.3 Å². The van der Waals surface area contributed by atoms with Crippen molar-refractivity contribution < 1.29 is 19.0 Å². The molecule has 0 unspecified atom stereocenters. The first-order chi connectivity index (χ1) is 13.7. The molecule has 1 N–H and O–H groups in total. The maximum absolute atomic E-state index is 12.6. The molecule has 2 aromatic carbocycles. The van der Waals surface area contributed by atoms with Crippen LogP contribution < -0.4 is 14.8 Å². The quantitative estimate of drug-likeness (QED) is 0.558. The van der Waals surface area contributed by atoms with E-state index < -0.39 is 5.97 Å². The average Bonchev–Trinajstić information content (AvgIpc) is 2.70. The van der Waals surface area contributed by atoms with E-state index in [-0.39, 0.29) is 6.61 Å². The Morgan fingerprint density at radius 1 is 1.00 bits per heavy atom. The number of pyridine rings is 1. The number of nitrogens with one attached hydrogen (secondary N) is 1. The van der Waals surface area contributed by atoms with Crippen LogP contribution in [0.25, 0.3) is 10.9 Å². The number of hydrogen-bond acceptors (Lipinski definition) is 6. The zero-order chi connectivity index (χ0) is 19.9. The van der Waals surface area contributed by atoms with Gasteiger partial charge in [0, 0.05) is 11.6 Å². The summed E-state index contributed by atoms with van der Waals surface area (Å²) in [5, 5.41) is 4.12. The minimum absolute atomic E-state index is 0.283. The fourth-order valence-electron chi connectivity index (χ4n) is 2.91. The van der Waals surface area contributed by atoms with E-state index in [1.54, 1.807) is 6.92 Å². The van der Waals surface area contributed by atoms with E-state index in [4.69, 9.17) is 14.2 Å². The summed E-state index contributed by atoms with van der Waals surface area (Å²) in [6.07, 6.45) is 1.53. The lowest BCUT2D eigenvalue weighted by atomic mass is 10.1. The number of ether oxygens (including phenoxy) is 3. The molecule has 1 heterocycles. The van der Waals surface area contributed by atoms with Gasteiger partial charge in [0.1, 0.15) is 17.1 Å². The van der Waals surface area contributed by atoms with Crippen molar-refractivity contribution in [2.75, 3.05) is 25.1 Å². The monoisotopic (exact) mass is 380 g/mol. The minimum atomic E-state index is -0.435. The highest BCUT2D eigenvalue weighted by Crippen LogP contribution is 2.35. The van der Waals surface area contributed by atoms with Crippen LogP contribution in [0.5, 0.6) is 11.5 Å². The fourth-order valence-corrected chi connectivity index (χ4v) is 2.91. The Morgan fingerprint density at radius 2 is 1.79 bits per heavy atom. The van der Waals surface area contributed by atoms with Crippen molar-refractivity contribution in [1.82, 2.24) is 4.98 Å². The molecule has 6 nitrogen and oxygen atoms in total. The summed E-state index contributed by atoms with van der Waals surface area (Å²) in [6, 6.07) is 13.2. The second kappa shape index (κ2) is 9.08. The summed E-state index contributed by atoms with van der Waals surface area (Å²) in [5.41, 5.74) is 2.46. The standard InChI is InChI=1S/C22H24N2O4/c1-4-26-15-11-12-18-16(13-15)21(17(14-23-18)22(25)28-6-3)24-19-9-7-8-10-20(19)27-5-2/h7-14H,4-6H2,1-3H3,(H,23,24). The molecule has 1 aromatic heterocycles. The molecular weight excluding hydrogens is 356 g/mol. The van der Waals surface area contributed by atoms with Gasteiger partial charge in [-0.05, 0) is 51.1 Å². The van der Waals surface area contributed by atoms with E-state index in [0.717, 1.165) is 16.6 Å². The Labute approximate surface area is 164 Å². The Hall–Kier alpha value is -3.28. The van der Waals surface area contributed by atoms with Gasteiger partial charge in [0.2, 0.25) is 0 Å². The van der Waals surface area contributed by atoms with Gasteiger partial charge in [-0.25, -0.2) is 4.79 Å². The topological polar surface area (TPSA) is 69.7 Å². The highest BCUT2D eigenvalue weighted by Gasteiger charge is 2.18. The summed E-state index contributed by atoms with van der Waals surface area (Å²) in [6.45, 7) is 7.00. The number of carbonyl (C=O) groups excluding carboxylic acids is 1. The third-order valence-corrected chi connectivity index (χ3v) is 4.09. The fraction of sp³-hybridized carbons (Fsp3) is 0.273. The number of fused-ring (bicyclic) bond motifs is 1. The van der Waals surface area contributed by atoms with E-state index in [1.165, 1.54) is 6.20 Å². The van der Waals surface area contributed by atoms with E-state index in [0.29, 0.717) is 36.0 Å². The normalized spacial score (nSPS) is 10.5. The average molecular weight is 380 g/mol. The summed E-state index contributed by atoms with van der Waals surface area (Å²) >= 11 is 0. The number of rotatable bonds is 8. The van der Waals surface area contributed by atoms with Crippen molar-refractivity contribution in [3.63, 3.8) is 0 Å². The van der Waals surface area contributed by atoms with Crippen molar-refractivity contribution in [2.24, 2.45) is 0 Å². The third kappa shape index (κ3) is 4.17. The Bertz CT molecular complexity index is 972. The first-order valence-corrected chi connectivity index (χ1v) is 9.39. The molecule has 0 radical (unpaired) electrons. The van der Waals surface area contributed by atoms with E-state index >= 15 is 0 Å². The molecule has 3 aromatic rings. The molecule has 0 aliphatic heterocycles. The van der Waals surface area contributed by atoms with Gasteiger partial charge in [0.15, 0.2) is 0 Å². The van der Waals surface area contributed by atoms with Gasteiger partial charge in [-0.2, -0.15) is 0 Å². The van der Waals surface area contributed by atoms with Gasteiger partial charge < -0.3 is 19.5 Å². The van der Waals surface area contributed by atoms with Crippen LogP contribution in [0.2, 0.25) is 0 Å². The predicted molar refractivity (Wildman–Crippen MR) is 110 cm³/mol. The maximum atomic E-state index is 12.6. The van der Waals surface area contributed by atoms with Gasteiger partial charge in [0.25, 0.3) is 0 Å². The lowest BCUT2D eigenvalue weighted by molar-refractivity contribution is 0.0527. The number of anilines is 2. The Balaban J connectivity index is 2.17. The highest BCUT2D eigenvalue weighted by molar-refractivity contribution is 6.06. The molecular formula is C22H24N2O4. The lowest BCUT2D eigenvalue weighted by Gasteiger charge is -2.17. The molecule has 28 heavy (non-hydrogen) atoms. The van der Waals surface area contributed by atoms with Crippen LogP contribution in [-0.2, 0) is 4.74 Å². The number of aromatic nitrogens is 1. The first kappa shape index (κ1) is 19.5. The van der Waals surface area contributed by atoms with Gasteiger partial charge in [0.05, 0.1) is 36.7 Å². The molecule has 3 rings (SSSR count). The molecule has 0 atom stereocenters. The third-order valence-electron chi connectivity index (χ3n) is 4.09. The zero-order valence-corrected chi connectivity index (χ0v) is 16.3. The number of esters is 1. The number of carbonyl (C=O) groups is 1. The Kier molecular flexibility index (Phi) is 6.32. The molecule has 0 aliphatic rings. The molecule has 0 saturated carbocycles. The van der Waals surface area contributed by atoms with Gasteiger partial charge in [-0.3, -0.25) is 4.98 Å². The van der Waals surface area contributed by atoms with Crippen molar-refractivity contribution in [2.45, 2.75) is 20.8 Å². The Morgan fingerprint density at radius 3 is 2.54 bits per heavy atom. The van der Waals surface area contributed by atoms with Crippen LogP contribution in [0, 0.1) is 0 Å². The van der Waals surface area contributed by atoms with Crippen LogP contribution in [0.4, 0.5) is 11.4 Å². The van der Waals surface area contributed by atoms with Gasteiger partial charge in [-0.15, -0.1) is 0 Å². The van der Waals surface area contributed by atoms with E-state index in [2.05, 4.69) is 10.3 Å². The first-order valence-electron chi connectivity index (χ1n) is 9.39. The molecule has 6 heteroatoms. The molecule has 0 spiro atoms. The highest BCUT2D eigenvalue weighted by atomic mass is 16.5. The predicted octanol–water partition coefficient (Wildman–Crippen LogP) is 4.95. The second-order valence-electron chi connectivity index (χ2n) is 5.93. The maximum Gasteiger partial charge on any atom is 0.341 e. The zero-order valence-electron chi connectivity index (χ0n) is 16.3. The summed E-state index contributed by atoms with van der Waals surface area (Å²) in [4.78, 5) is 17.0. The van der Waals surface area contributed by atoms with Crippen molar-refractivity contribution in [3.05, 3.63) is 54.2 Å². The summed E-state index contributed by atoms with van der Waals surface area (Å²) in [5.74, 6) is 0.972. The summed E-state index contributed by atoms with van der Waals surface area (Å²) in [7, 11) is 0. The molecule has 0 amide bonds. The van der Waals surface area contributed by atoms with Crippen LogP contribution in [0.1, 0.15) is 31.1 Å². The lowest BCUT2D eigenvalue weighted by Crippen LogP contribution is -2.10. The largest absolute Gasteiger partial charge is 0.494 e. The van der Waals surface area contributed by atoms with Gasteiger partial charge in [-0.1, -0.05) is 12.1 Å². The molecule has 0 saturated heterocycles. The molecule has 0 bridgehead atoms. The minimum Gasteiger partial charge on any atom is -0.494 e. The number of hydrogen-bond donors (Lipinski definition) is 1. The summed E-state index contributed by atoms with van der Waals surface area (Å²) < 4.78 is 16.6. The van der Waals surface area contributed by atoms with Crippen molar-refractivity contribution in [3.8, 4) is 11.5 Å². The smallest absolute Gasteiger partial charge is 0.341 e. The molecule has 146 valence electrons. The van der Waals surface area contributed by atoms with Gasteiger partial charge >= 0.3 is 5.97 Å². The van der Waals surface area contributed by atoms with Crippen LogP contribution in [0.3, 0.4) is 0 Å². The number of nitrogens with zero attached hydrogens (tertiary/aromatic N) is 1. The molecule has 0 fully saturated rings. The number of benzene rings is 2. The molecule has 0 aliphatic carbocycles. The van der Waals surface area contributed by atoms with Crippen molar-refractivity contribution in [1.29, 1.82) is 0 Å². The van der Waals surface area contributed by atoms with Crippen LogP contribution in [-0.4, -0.2) is 30.8 Å². The van der Waals surface area contributed by atoms with E-state index in [9.17, 15) is 4.79 Å². The van der Waals surface area contributed by atoms with Crippen molar-refractivity contribution >= 4 is 28.2 Å². The number of para-hydroxylation sites is 2. The van der Waals surface area contributed by atoms with Crippen LogP contribution in [0.15, 0.2) is 48.7 Å². The second-order valence-corrected chi connectivity index (χ2v) is 5.93. The SMILES string of the molecule is CCOC(=O)c1cnc2ccc(OCC)cc2c1Nc1ccccc1OCC. The van der Waals surface area contributed by atoms with Crippen LogP contribution >= 0.6 is 0 Å².